The van der Waals surface area contributed by atoms with E-state index in [0.29, 0.717) is 13.2 Å². The second-order valence-corrected chi connectivity index (χ2v) is 6.23. The summed E-state index contributed by atoms with van der Waals surface area (Å²) in [7, 11) is 1.65. The highest BCUT2D eigenvalue weighted by atomic mass is 127. The minimum atomic E-state index is 0. The van der Waals surface area contributed by atoms with Crippen LogP contribution in [-0.2, 0) is 6.54 Å². The summed E-state index contributed by atoms with van der Waals surface area (Å²) < 4.78 is 10.9. The number of guanidine groups is 1. The molecule has 7 heteroatoms. The lowest BCUT2D eigenvalue weighted by molar-refractivity contribution is 0.310. The molecule has 0 saturated carbocycles. The number of aliphatic imine (C=N–C) groups is 1. The van der Waals surface area contributed by atoms with Gasteiger partial charge in [0.1, 0.15) is 0 Å². The zero-order valence-electron chi connectivity index (χ0n) is 15.8. The van der Waals surface area contributed by atoms with E-state index in [9.17, 15) is 0 Å². The molecule has 1 aromatic carbocycles. The van der Waals surface area contributed by atoms with Gasteiger partial charge in [0.2, 0.25) is 0 Å². The number of methoxy groups -OCH3 is 1. The van der Waals surface area contributed by atoms with Gasteiger partial charge in [-0.2, -0.15) is 11.8 Å². The molecule has 0 aliphatic carbocycles. The van der Waals surface area contributed by atoms with Crippen molar-refractivity contribution in [3.05, 3.63) is 23.8 Å². The third-order valence-electron chi connectivity index (χ3n) is 3.36. The summed E-state index contributed by atoms with van der Waals surface area (Å²) in [6.45, 7) is 7.05. The Kier molecular flexibility index (Phi) is 14.9. The van der Waals surface area contributed by atoms with Crippen LogP contribution in [0, 0.1) is 0 Å². The summed E-state index contributed by atoms with van der Waals surface area (Å²) in [4.78, 5) is 4.65. The van der Waals surface area contributed by atoms with Gasteiger partial charge in [-0.15, -0.1) is 24.0 Å². The van der Waals surface area contributed by atoms with Gasteiger partial charge >= 0.3 is 0 Å². The van der Waals surface area contributed by atoms with Crippen LogP contribution >= 0.6 is 35.7 Å². The number of nitrogens with one attached hydrogen (secondary N) is 2. The molecule has 0 aromatic heterocycles. The number of ether oxygens (including phenoxy) is 2. The van der Waals surface area contributed by atoms with Crippen LogP contribution in [0.25, 0.3) is 0 Å². The van der Waals surface area contributed by atoms with E-state index in [1.54, 1.807) is 7.11 Å². The van der Waals surface area contributed by atoms with Gasteiger partial charge in [0.25, 0.3) is 0 Å². The van der Waals surface area contributed by atoms with Gasteiger partial charge in [-0.1, -0.05) is 6.07 Å². The molecule has 0 unspecified atom stereocenters. The average Bonchev–Trinajstić information content (AvgIpc) is 2.60. The standard InChI is InChI=1S/C18H31N3O2S.HI/c1-5-19-18(20-11-7-8-12-24-4)21-14-15-9-10-16(22-3)17(13-15)23-6-2;/h9-10,13H,5-8,11-12,14H2,1-4H3,(H2,19,20,21);1H. The highest BCUT2D eigenvalue weighted by Gasteiger charge is 2.05. The fourth-order valence-corrected chi connectivity index (χ4v) is 2.67. The van der Waals surface area contributed by atoms with Crippen LogP contribution in [0.5, 0.6) is 11.5 Å². The van der Waals surface area contributed by atoms with Gasteiger partial charge in [0.15, 0.2) is 17.5 Å². The van der Waals surface area contributed by atoms with Crippen molar-refractivity contribution in [2.24, 2.45) is 4.99 Å². The molecule has 0 heterocycles. The SMILES string of the molecule is CCNC(=NCc1ccc(OC)c(OCC)c1)NCCCCSC.I. The number of rotatable bonds is 11. The molecule has 144 valence electrons. The second kappa shape index (κ2) is 15.4. The van der Waals surface area contributed by atoms with Crippen LogP contribution < -0.4 is 20.1 Å². The van der Waals surface area contributed by atoms with Crippen LogP contribution in [0.3, 0.4) is 0 Å². The first-order chi connectivity index (χ1) is 11.7. The summed E-state index contributed by atoms with van der Waals surface area (Å²) in [6.07, 6.45) is 4.52. The van der Waals surface area contributed by atoms with E-state index < -0.39 is 0 Å². The predicted molar refractivity (Wildman–Crippen MR) is 120 cm³/mol. The van der Waals surface area contributed by atoms with Gasteiger partial charge in [-0.25, -0.2) is 4.99 Å². The van der Waals surface area contributed by atoms with Gasteiger partial charge in [0.05, 0.1) is 20.3 Å². The number of halogens is 1. The van der Waals surface area contributed by atoms with Crippen LogP contribution in [0.1, 0.15) is 32.3 Å². The zero-order valence-corrected chi connectivity index (χ0v) is 18.9. The quantitative estimate of drug-likeness (QED) is 0.217. The molecule has 0 saturated heterocycles. The number of hydrogen-bond acceptors (Lipinski definition) is 4. The van der Waals surface area contributed by atoms with E-state index in [2.05, 4.69) is 28.8 Å². The normalized spacial score (nSPS) is 10.8. The Morgan fingerprint density at radius 2 is 1.96 bits per heavy atom. The van der Waals surface area contributed by atoms with Crippen LogP contribution in [0.2, 0.25) is 0 Å². The van der Waals surface area contributed by atoms with E-state index in [4.69, 9.17) is 9.47 Å². The van der Waals surface area contributed by atoms with Crippen molar-refractivity contribution in [2.45, 2.75) is 33.2 Å². The summed E-state index contributed by atoms with van der Waals surface area (Å²) in [5.74, 6) is 3.59. The van der Waals surface area contributed by atoms with Crippen LogP contribution in [0.4, 0.5) is 0 Å². The van der Waals surface area contributed by atoms with Gasteiger partial charge < -0.3 is 20.1 Å². The van der Waals surface area contributed by atoms with Gasteiger partial charge in [-0.3, -0.25) is 0 Å². The zero-order chi connectivity index (χ0) is 17.6. The minimum Gasteiger partial charge on any atom is -0.493 e. The van der Waals surface area contributed by atoms with E-state index in [0.717, 1.165) is 42.5 Å². The van der Waals surface area contributed by atoms with E-state index in [-0.39, 0.29) is 24.0 Å². The first-order valence-corrected chi connectivity index (χ1v) is 9.95. The van der Waals surface area contributed by atoms with E-state index in [1.807, 2.05) is 36.9 Å². The Morgan fingerprint density at radius 1 is 1.16 bits per heavy atom. The highest BCUT2D eigenvalue weighted by molar-refractivity contribution is 14.0. The number of nitrogens with zero attached hydrogens (tertiary/aromatic N) is 1. The molecule has 0 atom stereocenters. The fraction of sp³-hybridized carbons (Fsp3) is 0.611. The Bertz CT molecular complexity index is 501. The molecule has 5 nitrogen and oxygen atoms in total. The summed E-state index contributed by atoms with van der Waals surface area (Å²) in [5, 5.41) is 6.67. The molecule has 0 aliphatic heterocycles. The third-order valence-corrected chi connectivity index (χ3v) is 4.06. The number of thioether (sulfide) groups is 1. The Hall–Kier alpha value is -0.830. The average molecular weight is 481 g/mol. The molecule has 0 fully saturated rings. The molecule has 0 bridgehead atoms. The number of unbranched alkanes of at least 4 members (excludes halogenated alkanes) is 1. The van der Waals surface area contributed by atoms with Crippen molar-refractivity contribution >= 4 is 41.7 Å². The van der Waals surface area contributed by atoms with Crippen molar-refractivity contribution < 1.29 is 9.47 Å². The molecule has 25 heavy (non-hydrogen) atoms. The van der Waals surface area contributed by atoms with Gasteiger partial charge in [0, 0.05) is 13.1 Å². The molecule has 0 amide bonds. The maximum Gasteiger partial charge on any atom is 0.191 e. The summed E-state index contributed by atoms with van der Waals surface area (Å²) >= 11 is 1.89. The van der Waals surface area contributed by atoms with Crippen molar-refractivity contribution in [2.75, 3.05) is 38.8 Å². The molecular formula is C18H32IN3O2S. The van der Waals surface area contributed by atoms with Crippen LogP contribution in [0.15, 0.2) is 23.2 Å². The Balaban J connectivity index is 0.00000576. The largest absolute Gasteiger partial charge is 0.493 e. The van der Waals surface area contributed by atoms with Crippen LogP contribution in [-0.4, -0.2) is 44.8 Å². The molecule has 0 spiro atoms. The third kappa shape index (κ3) is 10.0. The van der Waals surface area contributed by atoms with E-state index >= 15 is 0 Å². The topological polar surface area (TPSA) is 54.9 Å². The van der Waals surface area contributed by atoms with E-state index in [1.165, 1.54) is 12.2 Å². The fourth-order valence-electron chi connectivity index (χ4n) is 2.18. The maximum atomic E-state index is 5.62. The molecule has 1 rings (SSSR count). The van der Waals surface area contributed by atoms with Crippen molar-refractivity contribution in [1.82, 2.24) is 10.6 Å². The number of benzene rings is 1. The molecular weight excluding hydrogens is 449 g/mol. The van der Waals surface area contributed by atoms with Gasteiger partial charge in [-0.05, 0) is 56.4 Å². The Labute approximate surface area is 173 Å². The maximum absolute atomic E-state index is 5.62. The van der Waals surface area contributed by atoms with Crippen molar-refractivity contribution in [1.29, 1.82) is 0 Å². The summed E-state index contributed by atoms with van der Waals surface area (Å²) in [5.41, 5.74) is 1.10. The highest BCUT2D eigenvalue weighted by Crippen LogP contribution is 2.28. The Morgan fingerprint density at radius 3 is 2.60 bits per heavy atom. The lowest BCUT2D eigenvalue weighted by atomic mass is 10.2. The lowest BCUT2D eigenvalue weighted by Gasteiger charge is -2.12. The second-order valence-electron chi connectivity index (χ2n) is 5.24. The first-order valence-electron chi connectivity index (χ1n) is 8.55. The first kappa shape index (κ1) is 24.2. The number of hydrogen-bond donors (Lipinski definition) is 2. The molecule has 0 radical (unpaired) electrons. The minimum absolute atomic E-state index is 0. The van der Waals surface area contributed by atoms with Crippen molar-refractivity contribution in [3.8, 4) is 11.5 Å². The molecule has 2 N–H and O–H groups in total. The van der Waals surface area contributed by atoms with Crippen molar-refractivity contribution in [3.63, 3.8) is 0 Å². The predicted octanol–water partition coefficient (Wildman–Crippen LogP) is 3.91. The monoisotopic (exact) mass is 481 g/mol. The molecule has 1 aromatic rings. The molecule has 0 aliphatic rings. The summed E-state index contributed by atoms with van der Waals surface area (Å²) in [6, 6.07) is 5.94. The smallest absolute Gasteiger partial charge is 0.191 e. The lowest BCUT2D eigenvalue weighted by Crippen LogP contribution is -2.37.